The topological polar surface area (TPSA) is 126 Å². The molecule has 0 unspecified atom stereocenters. The minimum absolute atomic E-state index is 0.275. The number of carboxylic acid groups (broad SMARTS) is 1. The number of anilines is 1. The maximum atomic E-state index is 14.0. The lowest BCUT2D eigenvalue weighted by atomic mass is 9.86. The number of benzene rings is 2. The van der Waals surface area contributed by atoms with Crippen molar-refractivity contribution < 1.29 is 24.2 Å². The molecule has 3 heterocycles. The second-order valence-corrected chi connectivity index (χ2v) is 12.7. The van der Waals surface area contributed by atoms with Gasteiger partial charge in [-0.05, 0) is 86.2 Å². The van der Waals surface area contributed by atoms with Gasteiger partial charge in [0.05, 0.1) is 18.5 Å². The van der Waals surface area contributed by atoms with E-state index in [1.807, 2.05) is 50.5 Å². The molecule has 2 aromatic heterocycles. The number of carboxylic acids is 1. The van der Waals surface area contributed by atoms with Gasteiger partial charge >= 0.3 is 5.97 Å². The van der Waals surface area contributed by atoms with Crippen molar-refractivity contribution in [1.82, 2.24) is 19.8 Å². The Morgan fingerprint density at radius 2 is 1.72 bits per heavy atom. The molecule has 10 heteroatoms. The number of aromatic nitrogens is 2. The number of pyridine rings is 1. The van der Waals surface area contributed by atoms with E-state index in [9.17, 15) is 14.4 Å². The molecule has 0 radical (unpaired) electrons. The van der Waals surface area contributed by atoms with Gasteiger partial charge in [-0.2, -0.15) is 0 Å². The molecule has 6 rings (SSSR count). The largest absolute Gasteiger partial charge is 0.481 e. The molecule has 1 saturated heterocycles. The molecule has 1 saturated carbocycles. The monoisotopic (exact) mass is 635 g/mol. The van der Waals surface area contributed by atoms with Crippen molar-refractivity contribution in [3.63, 3.8) is 0 Å². The molecule has 0 atom stereocenters. The normalized spacial score (nSPS) is 16.8. The summed E-state index contributed by atoms with van der Waals surface area (Å²) in [5.41, 5.74) is 4.74. The number of nitrogens with zero attached hydrogens (tertiary/aromatic N) is 3. The predicted octanol–water partition coefficient (Wildman–Crippen LogP) is 5.84. The number of carbonyl (C=O) groups excluding carboxylic acids is 2. The van der Waals surface area contributed by atoms with Crippen LogP contribution in [0.4, 0.5) is 5.69 Å². The molecule has 0 spiro atoms. The lowest BCUT2D eigenvalue weighted by Crippen LogP contribution is -2.61. The molecule has 1 aliphatic heterocycles. The number of likely N-dealkylation sites (tertiary alicyclic amines) is 1. The van der Waals surface area contributed by atoms with Crippen LogP contribution in [0.2, 0.25) is 0 Å². The molecule has 2 fully saturated rings. The zero-order chi connectivity index (χ0) is 33.1. The minimum Gasteiger partial charge on any atom is -0.481 e. The Morgan fingerprint density at radius 3 is 2.40 bits per heavy atom. The van der Waals surface area contributed by atoms with E-state index in [1.54, 1.807) is 31.4 Å². The first kappa shape index (κ1) is 32.0. The fourth-order valence-corrected chi connectivity index (χ4v) is 7.00. The van der Waals surface area contributed by atoms with E-state index in [1.165, 1.54) is 24.5 Å². The summed E-state index contributed by atoms with van der Waals surface area (Å²) >= 11 is 0. The van der Waals surface area contributed by atoms with Gasteiger partial charge in [0.15, 0.2) is 0 Å². The SMILES string of the molecule is COc1cccc(-c2c(C3CCCC3)c3ccc(C(=O)NC4(C(=O)Nc5ccc(/C=C/C(=O)O)cc5)CCN(C)CC4)cc3n2C)n1. The van der Waals surface area contributed by atoms with Crippen LogP contribution in [0.25, 0.3) is 28.4 Å². The molecule has 2 aromatic carbocycles. The number of amides is 2. The van der Waals surface area contributed by atoms with Crippen LogP contribution in [0.1, 0.15) is 65.9 Å². The number of rotatable bonds is 9. The summed E-state index contributed by atoms with van der Waals surface area (Å²) < 4.78 is 7.58. The van der Waals surface area contributed by atoms with E-state index in [0.717, 1.165) is 41.2 Å². The van der Waals surface area contributed by atoms with Crippen LogP contribution < -0.4 is 15.4 Å². The third-order valence-electron chi connectivity index (χ3n) is 9.66. The number of nitrogens with one attached hydrogen (secondary N) is 2. The van der Waals surface area contributed by atoms with E-state index in [2.05, 4.69) is 20.1 Å². The third-order valence-corrected chi connectivity index (χ3v) is 9.66. The van der Waals surface area contributed by atoms with Crippen LogP contribution >= 0.6 is 0 Å². The predicted molar refractivity (Wildman–Crippen MR) is 183 cm³/mol. The van der Waals surface area contributed by atoms with E-state index >= 15 is 0 Å². The third kappa shape index (κ3) is 6.64. The number of ether oxygens (including phenoxy) is 1. The maximum absolute atomic E-state index is 14.0. The van der Waals surface area contributed by atoms with Gasteiger partial charge in [0.2, 0.25) is 11.8 Å². The second kappa shape index (κ2) is 13.4. The summed E-state index contributed by atoms with van der Waals surface area (Å²) in [7, 11) is 5.65. The summed E-state index contributed by atoms with van der Waals surface area (Å²) in [5, 5.41) is 16.1. The maximum Gasteiger partial charge on any atom is 0.328 e. The van der Waals surface area contributed by atoms with Gasteiger partial charge in [0.1, 0.15) is 5.54 Å². The van der Waals surface area contributed by atoms with E-state index in [0.29, 0.717) is 54.5 Å². The summed E-state index contributed by atoms with van der Waals surface area (Å²) in [6, 6.07) is 18.6. The first-order valence-corrected chi connectivity index (χ1v) is 16.1. The fourth-order valence-electron chi connectivity index (χ4n) is 7.00. The summed E-state index contributed by atoms with van der Waals surface area (Å²) in [6.07, 6.45) is 8.10. The van der Waals surface area contributed by atoms with Crippen LogP contribution in [0.3, 0.4) is 0 Å². The Labute approximate surface area is 274 Å². The highest BCUT2D eigenvalue weighted by Gasteiger charge is 2.42. The molecule has 0 bridgehead atoms. The van der Waals surface area contributed by atoms with Crippen LogP contribution in [0.5, 0.6) is 5.88 Å². The van der Waals surface area contributed by atoms with Crippen molar-refractivity contribution in [2.45, 2.75) is 50.0 Å². The Balaban J connectivity index is 1.31. The molecular formula is C37H41N5O5. The highest BCUT2D eigenvalue weighted by molar-refractivity contribution is 6.05. The molecular weight excluding hydrogens is 594 g/mol. The number of hydrogen-bond acceptors (Lipinski definition) is 6. The molecule has 4 aromatic rings. The van der Waals surface area contributed by atoms with Crippen molar-refractivity contribution in [2.24, 2.45) is 7.05 Å². The molecule has 244 valence electrons. The summed E-state index contributed by atoms with van der Waals surface area (Å²) in [6.45, 7) is 1.32. The highest BCUT2D eigenvalue weighted by Crippen LogP contribution is 2.44. The Hall–Kier alpha value is -4.96. The Bertz CT molecular complexity index is 1830. The van der Waals surface area contributed by atoms with E-state index in [-0.39, 0.29) is 11.8 Å². The molecule has 10 nitrogen and oxygen atoms in total. The first-order chi connectivity index (χ1) is 22.7. The molecule has 2 aliphatic rings. The number of aryl methyl sites for hydroxylation is 1. The molecule has 3 N–H and O–H groups in total. The number of aliphatic carboxylic acids is 1. The van der Waals surface area contributed by atoms with Gasteiger partial charge in [-0.15, -0.1) is 0 Å². The highest BCUT2D eigenvalue weighted by atomic mass is 16.5. The van der Waals surface area contributed by atoms with Crippen LogP contribution in [-0.4, -0.2) is 70.1 Å². The molecule has 1 aliphatic carbocycles. The quantitative estimate of drug-likeness (QED) is 0.198. The zero-order valence-corrected chi connectivity index (χ0v) is 27.1. The van der Waals surface area contributed by atoms with Crippen molar-refractivity contribution in [3.05, 3.63) is 83.4 Å². The molecule has 2 amide bonds. The lowest BCUT2D eigenvalue weighted by molar-refractivity contribution is -0.131. The smallest absolute Gasteiger partial charge is 0.328 e. The molecule has 47 heavy (non-hydrogen) atoms. The van der Waals surface area contributed by atoms with Crippen LogP contribution in [0.15, 0.2) is 66.7 Å². The average Bonchev–Trinajstić information content (AvgIpc) is 3.71. The number of hydrogen-bond donors (Lipinski definition) is 3. The van der Waals surface area contributed by atoms with Gasteiger partial charge in [-0.3, -0.25) is 9.59 Å². The van der Waals surface area contributed by atoms with E-state index in [4.69, 9.17) is 14.8 Å². The van der Waals surface area contributed by atoms with Gasteiger partial charge in [0, 0.05) is 54.4 Å². The van der Waals surface area contributed by atoms with Crippen LogP contribution in [0, 0.1) is 0 Å². The lowest BCUT2D eigenvalue weighted by Gasteiger charge is -2.40. The second-order valence-electron chi connectivity index (χ2n) is 12.7. The number of methoxy groups -OCH3 is 1. The van der Waals surface area contributed by atoms with Crippen molar-refractivity contribution >= 4 is 40.4 Å². The Kier molecular flexibility index (Phi) is 9.13. The summed E-state index contributed by atoms with van der Waals surface area (Å²) in [4.78, 5) is 45.6. The standard InChI is InChI=1S/C37H41N5O5/c1-41-21-19-37(20-22-41,36(46)38-27-15-11-24(12-16-27)13-18-32(43)44)40-35(45)26-14-17-28-30(23-26)42(2)34(33(28)25-7-4-5-8-25)29-9-6-10-31(39-29)47-3/h6,9-18,23,25H,4-5,7-8,19-22H2,1-3H3,(H,38,46)(H,40,45)(H,43,44)/b18-13+. The average molecular weight is 636 g/mol. The number of carbonyl (C=O) groups is 3. The van der Waals surface area contributed by atoms with Gasteiger partial charge < -0.3 is 29.9 Å². The van der Waals surface area contributed by atoms with Crippen molar-refractivity contribution in [3.8, 4) is 17.3 Å². The minimum atomic E-state index is -1.10. The number of fused-ring (bicyclic) bond motifs is 1. The number of piperidine rings is 1. The first-order valence-electron chi connectivity index (χ1n) is 16.1. The van der Waals surface area contributed by atoms with E-state index < -0.39 is 11.5 Å². The van der Waals surface area contributed by atoms with Crippen molar-refractivity contribution in [1.29, 1.82) is 0 Å². The fraction of sp³-hybridized carbons (Fsp3) is 0.351. The van der Waals surface area contributed by atoms with Crippen molar-refractivity contribution in [2.75, 3.05) is 32.6 Å². The van der Waals surface area contributed by atoms with Gasteiger partial charge in [0.25, 0.3) is 5.91 Å². The Morgan fingerprint density at radius 1 is 1.00 bits per heavy atom. The van der Waals surface area contributed by atoms with Gasteiger partial charge in [-0.25, -0.2) is 9.78 Å². The van der Waals surface area contributed by atoms with Gasteiger partial charge in [-0.1, -0.05) is 37.1 Å². The van der Waals surface area contributed by atoms with Crippen LogP contribution in [-0.2, 0) is 16.6 Å². The summed E-state index contributed by atoms with van der Waals surface area (Å²) in [5.74, 6) is -0.641. The zero-order valence-electron chi connectivity index (χ0n) is 27.1.